The van der Waals surface area contributed by atoms with Gasteiger partial charge >= 0.3 is 0 Å². The van der Waals surface area contributed by atoms with Crippen LogP contribution in [0.1, 0.15) is 29.0 Å². The van der Waals surface area contributed by atoms with Crippen LogP contribution in [0.4, 0.5) is 11.5 Å². The number of anilines is 2. The number of fused-ring (bicyclic) bond motifs is 2. The molecule has 4 rings (SSSR count). The number of nitrogens with one attached hydrogen (secondary N) is 1. The van der Waals surface area contributed by atoms with Gasteiger partial charge in [-0.3, -0.25) is 0 Å². The smallest absolute Gasteiger partial charge is 0.149 e. The van der Waals surface area contributed by atoms with E-state index in [4.69, 9.17) is 5.73 Å². The van der Waals surface area contributed by atoms with Crippen molar-refractivity contribution in [2.45, 2.75) is 18.8 Å². The molecule has 1 aromatic heterocycles. The summed E-state index contributed by atoms with van der Waals surface area (Å²) >= 11 is 0. The fourth-order valence-corrected chi connectivity index (χ4v) is 4.38. The van der Waals surface area contributed by atoms with Gasteiger partial charge in [0, 0.05) is 35.4 Å². The van der Waals surface area contributed by atoms with Crippen molar-refractivity contribution >= 4 is 32.2 Å². The zero-order valence-corrected chi connectivity index (χ0v) is 16.1. The maximum absolute atomic E-state index is 11.4. The third-order valence-corrected chi connectivity index (χ3v) is 6.16. The molecule has 0 radical (unpaired) electrons. The Labute approximate surface area is 159 Å². The van der Waals surface area contributed by atoms with Gasteiger partial charge in [0.2, 0.25) is 0 Å². The van der Waals surface area contributed by atoms with Crippen LogP contribution in [-0.4, -0.2) is 32.0 Å². The molecule has 0 spiro atoms. The second-order valence-corrected chi connectivity index (χ2v) is 9.44. The summed E-state index contributed by atoms with van der Waals surface area (Å²) in [5.74, 6) is 0.911. The molecule has 0 fully saturated rings. The zero-order chi connectivity index (χ0) is 19.0. The van der Waals surface area contributed by atoms with Gasteiger partial charge in [-0.25, -0.2) is 13.4 Å². The normalized spacial score (nSPS) is 16.4. The first kappa shape index (κ1) is 17.8. The number of rotatable bonds is 5. The molecule has 0 aliphatic heterocycles. The van der Waals surface area contributed by atoms with Crippen LogP contribution in [-0.2, 0) is 16.3 Å². The van der Waals surface area contributed by atoms with Crippen LogP contribution in [0.3, 0.4) is 0 Å². The Morgan fingerprint density at radius 2 is 1.96 bits per heavy atom. The lowest BCUT2D eigenvalue weighted by molar-refractivity contribution is 0.602. The molecule has 1 aliphatic rings. The van der Waals surface area contributed by atoms with Gasteiger partial charge in [-0.1, -0.05) is 30.3 Å². The van der Waals surface area contributed by atoms with Crippen molar-refractivity contribution in [3.05, 3.63) is 65.2 Å². The van der Waals surface area contributed by atoms with Crippen LogP contribution in [0.5, 0.6) is 0 Å². The number of aromatic nitrogens is 1. The largest absolute Gasteiger partial charge is 0.383 e. The van der Waals surface area contributed by atoms with Gasteiger partial charge in [-0.15, -0.1) is 0 Å². The predicted octanol–water partition coefficient (Wildman–Crippen LogP) is 3.35. The molecule has 5 nitrogen and oxygen atoms in total. The number of sulfone groups is 1. The van der Waals surface area contributed by atoms with Gasteiger partial charge < -0.3 is 11.1 Å². The summed E-state index contributed by atoms with van der Waals surface area (Å²) in [7, 11) is -3.01. The number of aryl methyl sites for hydroxylation is 1. The standard InChI is InChI=1S/C21H23N3O2S/c1-27(25,26)12-11-23-19-7-4-8-20-18(19)13-17(21(22)24-20)16-10-9-14-5-2-3-6-15(14)16/h2-8,13,16,23H,9-12H2,1H3,(H2,22,24)/t16-/m1/s1. The number of nitrogens with zero attached hydrogens (tertiary/aromatic N) is 1. The van der Waals surface area contributed by atoms with Gasteiger partial charge in [0.1, 0.15) is 15.7 Å². The van der Waals surface area contributed by atoms with E-state index < -0.39 is 9.84 Å². The molecule has 0 saturated heterocycles. The molecule has 1 aliphatic carbocycles. The number of hydrogen-bond donors (Lipinski definition) is 2. The van der Waals surface area contributed by atoms with Gasteiger partial charge in [-0.2, -0.15) is 0 Å². The lowest BCUT2D eigenvalue weighted by atomic mass is 9.92. The Morgan fingerprint density at radius 1 is 1.15 bits per heavy atom. The number of nitrogen functional groups attached to an aromatic ring is 1. The molecule has 0 amide bonds. The Balaban J connectivity index is 1.73. The second-order valence-electron chi connectivity index (χ2n) is 7.18. The minimum atomic E-state index is -3.01. The molecule has 0 saturated carbocycles. The van der Waals surface area contributed by atoms with Crippen molar-refractivity contribution < 1.29 is 8.42 Å². The summed E-state index contributed by atoms with van der Waals surface area (Å²) in [4.78, 5) is 4.63. The van der Waals surface area contributed by atoms with Gasteiger partial charge in [0.15, 0.2) is 0 Å². The summed E-state index contributed by atoms with van der Waals surface area (Å²) in [6.45, 7) is 0.365. The predicted molar refractivity (Wildman–Crippen MR) is 111 cm³/mol. The van der Waals surface area contributed by atoms with Crippen molar-refractivity contribution in [2.24, 2.45) is 0 Å². The molecule has 3 aromatic rings. The molecule has 27 heavy (non-hydrogen) atoms. The Bertz CT molecular complexity index is 1110. The van der Waals surface area contributed by atoms with E-state index in [1.165, 1.54) is 17.4 Å². The Morgan fingerprint density at radius 3 is 2.78 bits per heavy atom. The number of benzene rings is 2. The summed E-state index contributed by atoms with van der Waals surface area (Å²) in [6.07, 6.45) is 3.32. The Hall–Kier alpha value is -2.60. The van der Waals surface area contributed by atoms with Crippen molar-refractivity contribution in [1.29, 1.82) is 0 Å². The highest BCUT2D eigenvalue weighted by Crippen LogP contribution is 2.41. The van der Waals surface area contributed by atoms with Crippen LogP contribution in [0.25, 0.3) is 10.9 Å². The molecule has 1 atom stereocenters. The first-order valence-corrected chi connectivity index (χ1v) is 11.2. The van der Waals surface area contributed by atoms with Crippen molar-refractivity contribution in [3.63, 3.8) is 0 Å². The van der Waals surface area contributed by atoms with Crippen LogP contribution < -0.4 is 11.1 Å². The lowest BCUT2D eigenvalue weighted by Gasteiger charge is -2.17. The zero-order valence-electron chi connectivity index (χ0n) is 15.3. The van der Waals surface area contributed by atoms with E-state index in [0.717, 1.165) is 35.0 Å². The quantitative estimate of drug-likeness (QED) is 0.708. The number of nitrogens with two attached hydrogens (primary N) is 1. The van der Waals surface area contributed by atoms with Gasteiger partial charge in [0.25, 0.3) is 0 Å². The topological polar surface area (TPSA) is 85.1 Å². The summed E-state index contributed by atoms with van der Waals surface area (Å²) in [6, 6.07) is 16.4. The average Bonchev–Trinajstić information content (AvgIpc) is 3.04. The van der Waals surface area contributed by atoms with Gasteiger partial charge in [-0.05, 0) is 42.2 Å². The van der Waals surface area contributed by atoms with E-state index >= 15 is 0 Å². The molecule has 3 N–H and O–H groups in total. The van der Waals surface area contributed by atoms with Crippen LogP contribution in [0.15, 0.2) is 48.5 Å². The van der Waals surface area contributed by atoms with E-state index in [2.05, 4.69) is 40.6 Å². The van der Waals surface area contributed by atoms with E-state index in [9.17, 15) is 8.42 Å². The third-order valence-electron chi connectivity index (χ3n) is 5.22. The lowest BCUT2D eigenvalue weighted by Crippen LogP contribution is -2.14. The molecule has 6 heteroatoms. The molecule has 0 unspecified atom stereocenters. The van der Waals surface area contributed by atoms with Crippen LogP contribution in [0.2, 0.25) is 0 Å². The Kier molecular flexibility index (Phi) is 4.52. The van der Waals surface area contributed by atoms with E-state index in [1.807, 2.05) is 18.2 Å². The van der Waals surface area contributed by atoms with Crippen molar-refractivity contribution in [1.82, 2.24) is 4.98 Å². The SMILES string of the molecule is CS(=O)(=O)CCNc1cccc2nc(N)c([C@@H]3CCc4ccccc43)cc12. The average molecular weight is 382 g/mol. The number of hydrogen-bond acceptors (Lipinski definition) is 5. The van der Waals surface area contributed by atoms with E-state index in [-0.39, 0.29) is 11.7 Å². The highest BCUT2D eigenvalue weighted by Gasteiger charge is 2.26. The first-order valence-electron chi connectivity index (χ1n) is 9.11. The third kappa shape index (κ3) is 3.62. The molecule has 140 valence electrons. The minimum Gasteiger partial charge on any atom is -0.383 e. The van der Waals surface area contributed by atoms with Gasteiger partial charge in [0.05, 0.1) is 11.3 Å². The highest BCUT2D eigenvalue weighted by molar-refractivity contribution is 7.90. The van der Waals surface area contributed by atoms with Crippen molar-refractivity contribution in [3.8, 4) is 0 Å². The molecule has 1 heterocycles. The number of pyridine rings is 1. The van der Waals surface area contributed by atoms with E-state index in [0.29, 0.717) is 12.4 Å². The van der Waals surface area contributed by atoms with Crippen LogP contribution >= 0.6 is 0 Å². The molecule has 0 bridgehead atoms. The fraction of sp³-hybridized carbons (Fsp3) is 0.286. The summed E-state index contributed by atoms with van der Waals surface area (Å²) in [5, 5.41) is 4.21. The first-order chi connectivity index (χ1) is 12.9. The fourth-order valence-electron chi connectivity index (χ4n) is 3.91. The maximum atomic E-state index is 11.4. The molecule has 2 aromatic carbocycles. The molecular weight excluding hydrogens is 358 g/mol. The van der Waals surface area contributed by atoms with Crippen LogP contribution in [0, 0.1) is 0 Å². The van der Waals surface area contributed by atoms with Crippen molar-refractivity contribution in [2.75, 3.05) is 29.6 Å². The minimum absolute atomic E-state index is 0.0919. The summed E-state index contributed by atoms with van der Waals surface area (Å²) < 4.78 is 22.8. The van der Waals surface area contributed by atoms with E-state index in [1.54, 1.807) is 0 Å². The highest BCUT2D eigenvalue weighted by atomic mass is 32.2. The monoisotopic (exact) mass is 381 g/mol. The maximum Gasteiger partial charge on any atom is 0.149 e. The molecular formula is C21H23N3O2S. The summed E-state index contributed by atoms with van der Waals surface area (Å²) in [5.41, 5.74) is 11.8. The second kappa shape index (κ2) is 6.85.